The lowest BCUT2D eigenvalue weighted by Gasteiger charge is -2.14. The number of halogens is 2. The van der Waals surface area contributed by atoms with Crippen LogP contribution in [-0.4, -0.2) is 15.0 Å². The van der Waals surface area contributed by atoms with E-state index in [4.69, 9.17) is 0 Å². The molecule has 0 saturated heterocycles. The van der Waals surface area contributed by atoms with Gasteiger partial charge in [-0.3, -0.25) is 0 Å². The van der Waals surface area contributed by atoms with E-state index in [1.807, 2.05) is 0 Å². The summed E-state index contributed by atoms with van der Waals surface area (Å²) in [5.74, 6) is 0.383. The number of nitrogens with one attached hydrogen (secondary N) is 1. The van der Waals surface area contributed by atoms with E-state index in [2.05, 4.69) is 50.4 Å². The van der Waals surface area contributed by atoms with E-state index in [-0.39, 0.29) is 4.90 Å². The molecule has 0 aliphatic rings. The molecule has 0 aliphatic carbocycles. The van der Waals surface area contributed by atoms with Gasteiger partial charge < -0.3 is 0 Å². The van der Waals surface area contributed by atoms with E-state index in [0.717, 1.165) is 17.3 Å². The van der Waals surface area contributed by atoms with E-state index in [9.17, 15) is 8.42 Å². The summed E-state index contributed by atoms with van der Waals surface area (Å²) < 4.78 is 28.4. The zero-order chi connectivity index (χ0) is 13.8. The van der Waals surface area contributed by atoms with Gasteiger partial charge in [0.1, 0.15) is 0 Å². The van der Waals surface area contributed by atoms with Gasteiger partial charge in [-0.2, -0.15) is 0 Å². The minimum atomic E-state index is -3.44. The van der Waals surface area contributed by atoms with E-state index >= 15 is 0 Å². The van der Waals surface area contributed by atoms with Gasteiger partial charge in [-0.15, -0.1) is 0 Å². The summed E-state index contributed by atoms with van der Waals surface area (Å²) in [5.41, 5.74) is 0. The highest BCUT2D eigenvalue weighted by molar-refractivity contribution is 9.11. The molecule has 1 rings (SSSR count). The van der Waals surface area contributed by atoms with Gasteiger partial charge in [-0.25, -0.2) is 13.1 Å². The van der Waals surface area contributed by atoms with Crippen LogP contribution < -0.4 is 4.72 Å². The van der Waals surface area contributed by atoms with Crippen molar-refractivity contribution in [3.63, 3.8) is 0 Å². The smallest absolute Gasteiger partial charge is 0.211 e. The third-order valence-electron chi connectivity index (χ3n) is 2.90. The molecule has 1 aromatic rings. The Kier molecular flexibility index (Phi) is 6.30. The van der Waals surface area contributed by atoms with Crippen molar-refractivity contribution in [3.05, 3.63) is 27.1 Å². The third kappa shape index (κ3) is 4.33. The van der Waals surface area contributed by atoms with Crippen molar-refractivity contribution in [3.8, 4) is 0 Å². The molecule has 6 heteroatoms. The summed E-state index contributed by atoms with van der Waals surface area (Å²) in [6.07, 6.45) is 1.95. The fourth-order valence-corrected chi connectivity index (χ4v) is 4.44. The Morgan fingerprint density at radius 2 is 1.83 bits per heavy atom. The van der Waals surface area contributed by atoms with Gasteiger partial charge in [0.2, 0.25) is 10.0 Å². The zero-order valence-corrected chi connectivity index (χ0v) is 14.4. The monoisotopic (exact) mass is 397 g/mol. The van der Waals surface area contributed by atoms with Gasteiger partial charge in [0.05, 0.1) is 4.90 Å². The summed E-state index contributed by atoms with van der Waals surface area (Å²) in [6, 6.07) is 5.03. The highest BCUT2D eigenvalue weighted by Crippen LogP contribution is 2.25. The lowest BCUT2D eigenvalue weighted by atomic mass is 10.0. The fourth-order valence-electron chi connectivity index (χ4n) is 1.58. The van der Waals surface area contributed by atoms with E-state index < -0.39 is 10.0 Å². The molecule has 0 heterocycles. The van der Waals surface area contributed by atoms with Crippen molar-refractivity contribution in [2.45, 2.75) is 31.6 Å². The first kappa shape index (κ1) is 16.1. The van der Waals surface area contributed by atoms with Crippen LogP contribution in [0.3, 0.4) is 0 Å². The lowest BCUT2D eigenvalue weighted by Crippen LogP contribution is -2.29. The Morgan fingerprint density at radius 3 is 2.33 bits per heavy atom. The summed E-state index contributed by atoms with van der Waals surface area (Å²) in [4.78, 5) is 0.275. The molecule has 1 aromatic carbocycles. The molecule has 1 N–H and O–H groups in total. The van der Waals surface area contributed by atoms with Gasteiger partial charge >= 0.3 is 0 Å². The molecule has 0 aliphatic heterocycles. The van der Waals surface area contributed by atoms with Gasteiger partial charge in [-0.1, -0.05) is 42.6 Å². The van der Waals surface area contributed by atoms with Crippen molar-refractivity contribution in [1.29, 1.82) is 0 Å². The van der Waals surface area contributed by atoms with Crippen LogP contribution >= 0.6 is 31.9 Å². The molecule has 3 nitrogen and oxygen atoms in total. The SMILES string of the molecule is CCC(CC)CNS(=O)(=O)c1ccc(Br)cc1Br. The minimum absolute atomic E-state index is 0.275. The van der Waals surface area contributed by atoms with E-state index in [1.165, 1.54) is 0 Å². The van der Waals surface area contributed by atoms with Crippen LogP contribution in [0.5, 0.6) is 0 Å². The Hall–Kier alpha value is 0.0900. The molecule has 0 spiro atoms. The highest BCUT2D eigenvalue weighted by atomic mass is 79.9. The van der Waals surface area contributed by atoms with Crippen LogP contribution in [0.25, 0.3) is 0 Å². The number of hydrogen-bond donors (Lipinski definition) is 1. The summed E-state index contributed by atoms with van der Waals surface area (Å²) in [6.45, 7) is 4.62. The van der Waals surface area contributed by atoms with Crippen molar-refractivity contribution in [2.24, 2.45) is 5.92 Å². The number of rotatable bonds is 6. The molecular weight excluding hydrogens is 382 g/mol. The van der Waals surface area contributed by atoms with Gasteiger partial charge in [0, 0.05) is 15.5 Å². The lowest BCUT2D eigenvalue weighted by molar-refractivity contribution is 0.479. The summed E-state index contributed by atoms with van der Waals surface area (Å²) in [7, 11) is -3.44. The first-order valence-electron chi connectivity index (χ1n) is 5.85. The molecule has 0 saturated carbocycles. The number of hydrogen-bond acceptors (Lipinski definition) is 2. The maximum atomic E-state index is 12.1. The Bertz CT molecular complexity index is 499. The van der Waals surface area contributed by atoms with Crippen molar-refractivity contribution < 1.29 is 8.42 Å². The Balaban J connectivity index is 2.86. The molecule has 102 valence electrons. The number of sulfonamides is 1. The van der Waals surface area contributed by atoms with Gasteiger partial charge in [-0.05, 0) is 40.0 Å². The van der Waals surface area contributed by atoms with Gasteiger partial charge in [0.15, 0.2) is 0 Å². The van der Waals surface area contributed by atoms with Crippen molar-refractivity contribution in [1.82, 2.24) is 4.72 Å². The predicted molar refractivity (Wildman–Crippen MR) is 81.1 cm³/mol. The third-order valence-corrected chi connectivity index (χ3v) is 5.79. The largest absolute Gasteiger partial charge is 0.241 e. The standard InChI is InChI=1S/C12H17Br2NO2S/c1-3-9(4-2)8-15-18(16,17)12-6-5-10(13)7-11(12)14/h5-7,9,15H,3-4,8H2,1-2H3. The summed E-state index contributed by atoms with van der Waals surface area (Å²) in [5, 5.41) is 0. The second kappa shape index (κ2) is 7.03. The van der Waals surface area contributed by atoms with E-state index in [1.54, 1.807) is 18.2 Å². The van der Waals surface area contributed by atoms with Crippen molar-refractivity contribution in [2.75, 3.05) is 6.54 Å². The van der Waals surface area contributed by atoms with Crippen LogP contribution in [0.15, 0.2) is 32.0 Å². The molecule has 0 aromatic heterocycles. The second-order valence-corrected chi connectivity index (χ2v) is 7.61. The maximum absolute atomic E-state index is 12.1. The predicted octanol–water partition coefficient (Wildman–Crippen LogP) is 3.93. The fraction of sp³-hybridized carbons (Fsp3) is 0.500. The molecule has 0 radical (unpaired) electrons. The molecule has 0 fully saturated rings. The molecule has 0 unspecified atom stereocenters. The Labute approximate surface area is 126 Å². The molecule has 0 bridgehead atoms. The quantitative estimate of drug-likeness (QED) is 0.788. The normalized spacial score (nSPS) is 12.1. The van der Waals surface area contributed by atoms with Crippen LogP contribution in [0.4, 0.5) is 0 Å². The van der Waals surface area contributed by atoms with E-state index in [0.29, 0.717) is 16.9 Å². The first-order valence-corrected chi connectivity index (χ1v) is 8.92. The molecule has 0 atom stereocenters. The number of benzene rings is 1. The van der Waals surface area contributed by atoms with Crippen LogP contribution in [0, 0.1) is 5.92 Å². The van der Waals surface area contributed by atoms with Crippen LogP contribution in [0.2, 0.25) is 0 Å². The topological polar surface area (TPSA) is 46.2 Å². The summed E-state index contributed by atoms with van der Waals surface area (Å²) >= 11 is 6.58. The molecule has 18 heavy (non-hydrogen) atoms. The Morgan fingerprint density at radius 1 is 1.22 bits per heavy atom. The first-order chi connectivity index (χ1) is 8.40. The highest BCUT2D eigenvalue weighted by Gasteiger charge is 2.18. The minimum Gasteiger partial charge on any atom is -0.211 e. The van der Waals surface area contributed by atoms with Gasteiger partial charge in [0.25, 0.3) is 0 Å². The van der Waals surface area contributed by atoms with Crippen LogP contribution in [0.1, 0.15) is 26.7 Å². The average Bonchev–Trinajstić information content (AvgIpc) is 2.29. The second-order valence-electron chi connectivity index (χ2n) is 4.11. The molecular formula is C12H17Br2NO2S. The average molecular weight is 399 g/mol. The zero-order valence-electron chi connectivity index (χ0n) is 10.4. The van der Waals surface area contributed by atoms with Crippen molar-refractivity contribution >= 4 is 41.9 Å². The molecule has 0 amide bonds. The van der Waals surface area contributed by atoms with Crippen LogP contribution in [-0.2, 0) is 10.0 Å². The maximum Gasteiger partial charge on any atom is 0.241 e.